The standard InChI is InChI=1S/C21H23FN2O2/c1-14-7-8-18(11-15(14)2)24-13-17(12-20(24)25)21(26)23-10-9-16-5-3-4-6-19(16)22/h3-8,11,17H,9-10,12-13H2,1-2H3,(H,23,26). The van der Waals surface area contributed by atoms with E-state index in [1.165, 1.54) is 11.6 Å². The Balaban J connectivity index is 1.57. The van der Waals surface area contributed by atoms with Gasteiger partial charge in [0.2, 0.25) is 11.8 Å². The van der Waals surface area contributed by atoms with E-state index in [4.69, 9.17) is 0 Å². The molecular formula is C21H23FN2O2. The molecule has 2 aromatic rings. The second-order valence-corrected chi connectivity index (χ2v) is 6.81. The average molecular weight is 354 g/mol. The summed E-state index contributed by atoms with van der Waals surface area (Å²) in [5.41, 5.74) is 3.70. The Morgan fingerprint density at radius 2 is 1.96 bits per heavy atom. The zero-order chi connectivity index (χ0) is 18.7. The van der Waals surface area contributed by atoms with Crippen LogP contribution in [0.3, 0.4) is 0 Å². The van der Waals surface area contributed by atoms with Gasteiger partial charge >= 0.3 is 0 Å². The summed E-state index contributed by atoms with van der Waals surface area (Å²) in [6, 6.07) is 12.4. The summed E-state index contributed by atoms with van der Waals surface area (Å²) in [6.07, 6.45) is 0.637. The maximum atomic E-state index is 13.6. The number of nitrogens with one attached hydrogen (secondary N) is 1. The lowest BCUT2D eigenvalue weighted by Crippen LogP contribution is -2.34. The molecule has 0 aliphatic carbocycles. The Kier molecular flexibility index (Phi) is 5.35. The molecule has 1 heterocycles. The molecular weight excluding hydrogens is 331 g/mol. The highest BCUT2D eigenvalue weighted by molar-refractivity contribution is 6.00. The van der Waals surface area contributed by atoms with E-state index in [-0.39, 0.29) is 30.0 Å². The van der Waals surface area contributed by atoms with Crippen LogP contribution in [0.4, 0.5) is 10.1 Å². The molecule has 1 unspecified atom stereocenters. The van der Waals surface area contributed by atoms with Crippen molar-refractivity contribution in [3.63, 3.8) is 0 Å². The van der Waals surface area contributed by atoms with E-state index in [1.807, 2.05) is 32.0 Å². The zero-order valence-electron chi connectivity index (χ0n) is 15.1. The van der Waals surface area contributed by atoms with Crippen LogP contribution < -0.4 is 10.2 Å². The van der Waals surface area contributed by atoms with Crippen LogP contribution >= 0.6 is 0 Å². The van der Waals surface area contributed by atoms with Gasteiger partial charge in [0.15, 0.2) is 0 Å². The highest BCUT2D eigenvalue weighted by atomic mass is 19.1. The van der Waals surface area contributed by atoms with Gasteiger partial charge in [-0.15, -0.1) is 0 Å². The first-order valence-electron chi connectivity index (χ1n) is 8.84. The van der Waals surface area contributed by atoms with Gasteiger partial charge in [-0.05, 0) is 55.2 Å². The number of halogens is 1. The first-order valence-corrected chi connectivity index (χ1v) is 8.84. The van der Waals surface area contributed by atoms with Crippen molar-refractivity contribution in [1.82, 2.24) is 5.32 Å². The summed E-state index contributed by atoms with van der Waals surface area (Å²) >= 11 is 0. The third-order valence-corrected chi connectivity index (χ3v) is 4.95. The first kappa shape index (κ1) is 18.1. The van der Waals surface area contributed by atoms with Crippen molar-refractivity contribution in [2.24, 2.45) is 5.92 Å². The Hall–Kier alpha value is -2.69. The van der Waals surface area contributed by atoms with Crippen molar-refractivity contribution in [1.29, 1.82) is 0 Å². The second-order valence-electron chi connectivity index (χ2n) is 6.81. The van der Waals surface area contributed by atoms with E-state index in [1.54, 1.807) is 23.1 Å². The third kappa shape index (κ3) is 3.93. The summed E-state index contributed by atoms with van der Waals surface area (Å²) in [7, 11) is 0. The summed E-state index contributed by atoms with van der Waals surface area (Å²) in [4.78, 5) is 26.4. The van der Waals surface area contributed by atoms with Gasteiger partial charge in [-0.3, -0.25) is 9.59 Å². The lowest BCUT2D eigenvalue weighted by Gasteiger charge is -2.18. The number of benzene rings is 2. The van der Waals surface area contributed by atoms with Crippen molar-refractivity contribution in [2.75, 3.05) is 18.0 Å². The maximum Gasteiger partial charge on any atom is 0.227 e. The first-order chi connectivity index (χ1) is 12.5. The van der Waals surface area contributed by atoms with Gasteiger partial charge in [0.05, 0.1) is 5.92 Å². The van der Waals surface area contributed by atoms with Gasteiger partial charge in [-0.25, -0.2) is 4.39 Å². The van der Waals surface area contributed by atoms with Crippen molar-refractivity contribution in [2.45, 2.75) is 26.7 Å². The van der Waals surface area contributed by atoms with E-state index in [9.17, 15) is 14.0 Å². The highest BCUT2D eigenvalue weighted by Gasteiger charge is 2.35. The smallest absolute Gasteiger partial charge is 0.227 e. The SMILES string of the molecule is Cc1ccc(N2CC(C(=O)NCCc3ccccc3F)CC2=O)cc1C. The van der Waals surface area contributed by atoms with E-state index >= 15 is 0 Å². The second kappa shape index (κ2) is 7.68. The fourth-order valence-corrected chi connectivity index (χ4v) is 3.19. The molecule has 26 heavy (non-hydrogen) atoms. The van der Waals surface area contributed by atoms with Gasteiger partial charge in [-0.1, -0.05) is 24.3 Å². The molecule has 3 rings (SSSR count). The van der Waals surface area contributed by atoms with Crippen LogP contribution in [0.25, 0.3) is 0 Å². The minimum absolute atomic E-state index is 0.0393. The van der Waals surface area contributed by atoms with E-state index in [0.717, 1.165) is 11.3 Å². The van der Waals surface area contributed by atoms with E-state index in [0.29, 0.717) is 25.1 Å². The number of amides is 2. The summed E-state index contributed by atoms with van der Waals surface area (Å²) in [5, 5.41) is 2.83. The van der Waals surface area contributed by atoms with Crippen molar-refractivity contribution in [3.05, 3.63) is 65.0 Å². The highest BCUT2D eigenvalue weighted by Crippen LogP contribution is 2.26. The minimum Gasteiger partial charge on any atom is -0.355 e. The number of rotatable bonds is 5. The molecule has 136 valence electrons. The lowest BCUT2D eigenvalue weighted by molar-refractivity contribution is -0.126. The van der Waals surface area contributed by atoms with E-state index < -0.39 is 0 Å². The topological polar surface area (TPSA) is 49.4 Å². The van der Waals surface area contributed by atoms with Crippen LogP contribution in [-0.2, 0) is 16.0 Å². The summed E-state index contributed by atoms with van der Waals surface area (Å²) < 4.78 is 13.6. The zero-order valence-corrected chi connectivity index (χ0v) is 15.1. The lowest BCUT2D eigenvalue weighted by atomic mass is 10.1. The van der Waals surface area contributed by atoms with E-state index in [2.05, 4.69) is 5.32 Å². The Bertz CT molecular complexity index is 835. The molecule has 1 saturated heterocycles. The molecule has 0 aromatic heterocycles. The molecule has 2 amide bonds. The van der Waals surface area contributed by atoms with Gasteiger partial charge < -0.3 is 10.2 Å². The predicted octanol–water partition coefficient (Wildman–Crippen LogP) is 3.15. The Morgan fingerprint density at radius 1 is 1.19 bits per heavy atom. The van der Waals surface area contributed by atoms with Crippen LogP contribution in [0, 0.1) is 25.6 Å². The van der Waals surface area contributed by atoms with Crippen molar-refractivity contribution < 1.29 is 14.0 Å². The molecule has 0 spiro atoms. The van der Waals surface area contributed by atoms with Crippen LogP contribution in [0.1, 0.15) is 23.1 Å². The summed E-state index contributed by atoms with van der Waals surface area (Å²) in [5.74, 6) is -0.827. The molecule has 4 nitrogen and oxygen atoms in total. The van der Waals surface area contributed by atoms with Gasteiger partial charge in [0.1, 0.15) is 5.82 Å². The molecule has 1 fully saturated rings. The number of carbonyl (C=O) groups is 2. The number of hydrogen-bond acceptors (Lipinski definition) is 2. The van der Waals surface area contributed by atoms with Crippen LogP contribution in [-0.4, -0.2) is 24.9 Å². The number of carbonyl (C=O) groups excluding carboxylic acids is 2. The molecule has 1 aliphatic rings. The van der Waals surface area contributed by atoms with Gasteiger partial charge in [-0.2, -0.15) is 0 Å². The normalized spacial score (nSPS) is 16.8. The molecule has 1 N–H and O–H groups in total. The van der Waals surface area contributed by atoms with Gasteiger partial charge in [0, 0.05) is 25.2 Å². The fourth-order valence-electron chi connectivity index (χ4n) is 3.19. The molecule has 0 radical (unpaired) electrons. The molecule has 1 atom stereocenters. The Labute approximate surface area is 153 Å². The number of hydrogen-bond donors (Lipinski definition) is 1. The number of nitrogens with zero attached hydrogens (tertiary/aromatic N) is 1. The van der Waals surface area contributed by atoms with Crippen molar-refractivity contribution >= 4 is 17.5 Å². The summed E-state index contributed by atoms with van der Waals surface area (Å²) in [6.45, 7) is 4.77. The quantitative estimate of drug-likeness (QED) is 0.897. The molecule has 0 saturated carbocycles. The molecule has 0 bridgehead atoms. The molecule has 5 heteroatoms. The third-order valence-electron chi connectivity index (χ3n) is 4.95. The average Bonchev–Trinajstić information content (AvgIpc) is 3.01. The maximum absolute atomic E-state index is 13.6. The van der Waals surface area contributed by atoms with Crippen LogP contribution in [0.5, 0.6) is 0 Å². The largest absolute Gasteiger partial charge is 0.355 e. The number of anilines is 1. The van der Waals surface area contributed by atoms with Crippen LogP contribution in [0.15, 0.2) is 42.5 Å². The van der Waals surface area contributed by atoms with Gasteiger partial charge in [0.25, 0.3) is 0 Å². The monoisotopic (exact) mass is 354 g/mol. The molecule has 1 aliphatic heterocycles. The van der Waals surface area contributed by atoms with Crippen LogP contribution in [0.2, 0.25) is 0 Å². The number of aryl methyl sites for hydroxylation is 2. The minimum atomic E-state index is -0.371. The van der Waals surface area contributed by atoms with Crippen molar-refractivity contribution in [3.8, 4) is 0 Å². The fraction of sp³-hybridized carbons (Fsp3) is 0.333. The Morgan fingerprint density at radius 3 is 2.69 bits per heavy atom. The predicted molar refractivity (Wildman–Crippen MR) is 99.5 cm³/mol. The molecule has 2 aromatic carbocycles.